The molecule has 10 heteroatoms. The third-order valence-corrected chi connectivity index (χ3v) is 10.5. The van der Waals surface area contributed by atoms with Crippen molar-refractivity contribution >= 4 is 19.9 Å². The van der Waals surface area contributed by atoms with Crippen molar-refractivity contribution in [2.24, 2.45) is 5.92 Å². The highest BCUT2D eigenvalue weighted by molar-refractivity contribution is 6.71. The molecule has 216 valence electrons. The number of aliphatic hydroxyl groups is 2. The summed E-state index contributed by atoms with van der Waals surface area (Å²) in [6.07, 6.45) is 3.18. The van der Waals surface area contributed by atoms with E-state index in [-0.39, 0.29) is 36.2 Å². The fourth-order valence-electron chi connectivity index (χ4n) is 5.89. The third-order valence-electron chi connectivity index (χ3n) is 7.98. The van der Waals surface area contributed by atoms with Crippen LogP contribution in [-0.2, 0) is 22.5 Å². The number of carbonyl (C=O) groups excluding carboxylic acids is 1. The summed E-state index contributed by atoms with van der Waals surface area (Å²) in [7, 11) is -2.50. The molecule has 6 atom stereocenters. The average Bonchev–Trinajstić information content (AvgIpc) is 3.52. The Labute approximate surface area is 237 Å². The highest BCUT2D eigenvalue weighted by Crippen LogP contribution is 2.45. The number of amides is 1. The van der Waals surface area contributed by atoms with E-state index in [1.54, 1.807) is 0 Å². The Morgan fingerprint density at radius 1 is 1.10 bits per heavy atom. The molecule has 9 nitrogen and oxygen atoms in total. The number of benzene rings is 2. The number of hydrogen-bond donors (Lipinski definition) is 4. The van der Waals surface area contributed by atoms with Crippen LogP contribution in [0.15, 0.2) is 60.8 Å². The van der Waals surface area contributed by atoms with Crippen molar-refractivity contribution in [3.05, 3.63) is 77.6 Å². The van der Waals surface area contributed by atoms with Crippen LogP contribution < -0.4 is 5.32 Å². The van der Waals surface area contributed by atoms with Gasteiger partial charge in [0.25, 0.3) is 5.91 Å². The molecule has 4 rings (SSSR count). The van der Waals surface area contributed by atoms with E-state index in [2.05, 4.69) is 22.6 Å². The maximum atomic E-state index is 11.7. The fourth-order valence-corrected chi connectivity index (χ4v) is 8.54. The van der Waals surface area contributed by atoms with Crippen molar-refractivity contribution in [2.45, 2.75) is 82.5 Å². The molecule has 40 heavy (non-hydrogen) atoms. The van der Waals surface area contributed by atoms with E-state index in [1.807, 2.05) is 78.6 Å². The standard InChI is InChI=1S/C30H42N4O5Si/c1-20-27(15-12-22-10-13-24(14-11-22)31-30(37)21(2)36)39-28(29(20)40(3,4)38)16-17-34-18-26(32-33-34)25(19-35)23-8-6-5-7-9-23/h5-11,13-14,18,20-21,25,27-29,35-36,38H,12,15-17,19H2,1-4H3,(H,31,37)/t20-,21-,25?,27+,28-,29+/m0/s1. The molecule has 1 saturated heterocycles. The van der Waals surface area contributed by atoms with Crippen molar-refractivity contribution in [3.63, 3.8) is 0 Å². The lowest BCUT2D eigenvalue weighted by Crippen LogP contribution is -2.40. The van der Waals surface area contributed by atoms with Gasteiger partial charge in [-0.1, -0.05) is 54.6 Å². The van der Waals surface area contributed by atoms with Crippen LogP contribution in [0.5, 0.6) is 0 Å². The van der Waals surface area contributed by atoms with Gasteiger partial charge in [-0.05, 0) is 68.5 Å². The lowest BCUT2D eigenvalue weighted by Gasteiger charge is -2.30. The second-order valence-electron chi connectivity index (χ2n) is 11.5. The summed E-state index contributed by atoms with van der Waals surface area (Å²) in [6.45, 7) is 8.18. The average molecular weight is 567 g/mol. The summed E-state index contributed by atoms with van der Waals surface area (Å²) in [5.74, 6) is -0.424. The number of anilines is 1. The van der Waals surface area contributed by atoms with Gasteiger partial charge in [0.1, 0.15) is 6.10 Å². The molecule has 1 fully saturated rings. The second kappa shape index (κ2) is 13.2. The Hall–Kier alpha value is -2.89. The molecule has 0 bridgehead atoms. The number of aliphatic hydroxyl groups excluding tert-OH is 2. The zero-order valence-corrected chi connectivity index (χ0v) is 24.8. The van der Waals surface area contributed by atoms with Crippen LogP contribution in [0.3, 0.4) is 0 Å². The first-order valence-corrected chi connectivity index (χ1v) is 17.1. The van der Waals surface area contributed by atoms with Crippen LogP contribution in [0.25, 0.3) is 0 Å². The molecular weight excluding hydrogens is 524 g/mol. The maximum absolute atomic E-state index is 11.7. The summed E-state index contributed by atoms with van der Waals surface area (Å²) < 4.78 is 8.40. The lowest BCUT2D eigenvalue weighted by atomic mass is 9.95. The Kier molecular flexibility index (Phi) is 9.91. The van der Waals surface area contributed by atoms with Gasteiger partial charge in [0.05, 0.1) is 30.4 Å². The summed E-state index contributed by atoms with van der Waals surface area (Å²) in [4.78, 5) is 22.9. The van der Waals surface area contributed by atoms with Gasteiger partial charge in [0.2, 0.25) is 0 Å². The minimum Gasteiger partial charge on any atom is -0.432 e. The fraction of sp³-hybridized carbons (Fsp3) is 0.500. The van der Waals surface area contributed by atoms with E-state index in [9.17, 15) is 19.8 Å². The van der Waals surface area contributed by atoms with Gasteiger partial charge in [0.15, 0.2) is 8.32 Å². The van der Waals surface area contributed by atoms with E-state index in [4.69, 9.17) is 4.74 Å². The minimum atomic E-state index is -2.50. The number of nitrogens with zero attached hydrogens (tertiary/aromatic N) is 3. The zero-order chi connectivity index (χ0) is 28.9. The molecule has 2 heterocycles. The number of nitrogens with one attached hydrogen (secondary N) is 1. The van der Waals surface area contributed by atoms with Crippen LogP contribution in [0, 0.1) is 5.92 Å². The van der Waals surface area contributed by atoms with Crippen molar-refractivity contribution in [1.82, 2.24) is 15.0 Å². The third kappa shape index (κ3) is 7.44. The summed E-state index contributed by atoms with van der Waals surface area (Å²) in [6, 6.07) is 17.5. The molecule has 4 N–H and O–H groups in total. The van der Waals surface area contributed by atoms with Crippen molar-refractivity contribution in [2.75, 3.05) is 11.9 Å². The number of hydrogen-bond acceptors (Lipinski definition) is 7. The molecule has 1 aliphatic heterocycles. The molecule has 0 aliphatic carbocycles. The van der Waals surface area contributed by atoms with E-state index in [0.717, 1.165) is 36.1 Å². The Bertz CT molecular complexity index is 1230. The summed E-state index contributed by atoms with van der Waals surface area (Å²) in [5.41, 5.74) is 3.63. The van der Waals surface area contributed by atoms with Crippen molar-refractivity contribution in [1.29, 1.82) is 0 Å². The van der Waals surface area contributed by atoms with Crippen LogP contribution in [0.4, 0.5) is 5.69 Å². The van der Waals surface area contributed by atoms with Gasteiger partial charge in [-0.15, -0.1) is 5.10 Å². The van der Waals surface area contributed by atoms with Crippen LogP contribution >= 0.6 is 0 Å². The lowest BCUT2D eigenvalue weighted by molar-refractivity contribution is -0.123. The second-order valence-corrected chi connectivity index (χ2v) is 15.5. The number of aryl methyl sites for hydroxylation is 2. The molecule has 1 aromatic heterocycles. The van der Waals surface area contributed by atoms with Gasteiger partial charge in [-0.3, -0.25) is 9.48 Å². The highest BCUT2D eigenvalue weighted by atomic mass is 28.4. The Morgan fingerprint density at radius 3 is 2.42 bits per heavy atom. The molecular formula is C30H42N4O5Si. The van der Waals surface area contributed by atoms with Crippen LogP contribution in [-0.4, -0.2) is 69.1 Å². The van der Waals surface area contributed by atoms with Gasteiger partial charge >= 0.3 is 0 Å². The van der Waals surface area contributed by atoms with Gasteiger partial charge in [-0.25, -0.2) is 0 Å². The molecule has 1 aliphatic rings. The predicted octanol–water partition coefficient (Wildman–Crippen LogP) is 3.72. The first kappa shape index (κ1) is 30.1. The van der Waals surface area contributed by atoms with Crippen LogP contribution in [0.1, 0.15) is 49.4 Å². The molecule has 3 aromatic rings. The maximum Gasteiger partial charge on any atom is 0.252 e. The predicted molar refractivity (Wildman–Crippen MR) is 156 cm³/mol. The molecule has 0 radical (unpaired) electrons. The van der Waals surface area contributed by atoms with Gasteiger partial charge in [-0.2, -0.15) is 0 Å². The monoisotopic (exact) mass is 566 g/mol. The first-order valence-electron chi connectivity index (χ1n) is 14.1. The van der Waals surface area contributed by atoms with E-state index < -0.39 is 20.3 Å². The highest BCUT2D eigenvalue weighted by Gasteiger charge is 2.49. The topological polar surface area (TPSA) is 130 Å². The molecule has 0 spiro atoms. The molecule has 0 saturated carbocycles. The number of carbonyl (C=O) groups is 1. The van der Waals surface area contributed by atoms with Crippen molar-refractivity contribution < 1.29 is 24.5 Å². The summed E-state index contributed by atoms with van der Waals surface area (Å²) >= 11 is 0. The van der Waals surface area contributed by atoms with E-state index >= 15 is 0 Å². The largest absolute Gasteiger partial charge is 0.432 e. The van der Waals surface area contributed by atoms with E-state index in [0.29, 0.717) is 12.2 Å². The zero-order valence-electron chi connectivity index (χ0n) is 23.8. The van der Waals surface area contributed by atoms with Crippen molar-refractivity contribution in [3.8, 4) is 0 Å². The van der Waals surface area contributed by atoms with Gasteiger partial charge in [0, 0.05) is 24.0 Å². The number of aromatic nitrogens is 3. The SMILES string of the molecule is C[C@@H]1[C@@H]([Si](C)(C)O)[C@H](CCn2cc(C(CO)c3ccccc3)nn2)O[C@@H]1CCc1ccc(NC(=O)[C@H](C)O)cc1. The number of rotatable bonds is 12. The quantitative estimate of drug-likeness (QED) is 0.246. The first-order chi connectivity index (χ1) is 19.1. The van der Waals surface area contributed by atoms with E-state index in [1.165, 1.54) is 6.92 Å². The molecule has 2 aromatic carbocycles. The Morgan fingerprint density at radius 2 is 1.80 bits per heavy atom. The Balaban J connectivity index is 1.36. The summed E-state index contributed by atoms with van der Waals surface area (Å²) in [5, 5.41) is 30.7. The number of ether oxygens (including phenoxy) is 1. The molecule has 1 amide bonds. The smallest absolute Gasteiger partial charge is 0.252 e. The molecule has 1 unspecified atom stereocenters. The normalized spacial score (nSPS) is 22.7. The van der Waals surface area contributed by atoms with Gasteiger partial charge < -0.3 is 25.1 Å². The minimum absolute atomic E-state index is 0.0340. The van der Waals surface area contributed by atoms with Crippen LogP contribution in [0.2, 0.25) is 18.6 Å².